The predicted octanol–water partition coefficient (Wildman–Crippen LogP) is 1.09. The van der Waals surface area contributed by atoms with E-state index in [1.165, 1.54) is 7.11 Å². The monoisotopic (exact) mass is 102 g/mol. The summed E-state index contributed by atoms with van der Waals surface area (Å²) in [5.74, 6) is 0.0718. The number of hydrogen-bond acceptors (Lipinski definition) is 2. The Hall–Kier alpha value is -0.500. The summed E-state index contributed by atoms with van der Waals surface area (Å²) >= 11 is 0. The van der Waals surface area contributed by atoms with Crippen molar-refractivity contribution in [3.05, 3.63) is 12.3 Å². The van der Waals surface area contributed by atoms with Crippen LogP contribution in [0.5, 0.6) is 0 Å². The highest BCUT2D eigenvalue weighted by Gasteiger charge is 1.98. The number of aliphatic hydroxyl groups excluding tert-OH is 1. The number of ether oxygens (including phenoxy) is 1. The van der Waals surface area contributed by atoms with Crippen molar-refractivity contribution < 1.29 is 9.84 Å². The van der Waals surface area contributed by atoms with E-state index in [1.807, 2.05) is 0 Å². The first-order valence-electron chi connectivity index (χ1n) is 2.09. The summed E-state index contributed by atoms with van der Waals surface area (Å²) in [5.41, 5.74) is 0. The van der Waals surface area contributed by atoms with Crippen molar-refractivity contribution in [2.24, 2.45) is 0 Å². The molecule has 0 saturated heterocycles. The van der Waals surface area contributed by atoms with E-state index in [-0.39, 0.29) is 11.9 Å². The molecule has 0 saturated carbocycles. The topological polar surface area (TPSA) is 29.5 Å². The smallest absolute Gasteiger partial charge is 0.114 e. The zero-order valence-electron chi connectivity index (χ0n) is 4.64. The lowest BCUT2D eigenvalue weighted by atomic mass is 10.4. The Kier molecular flexibility index (Phi) is 2.45. The molecule has 42 valence electrons. The van der Waals surface area contributed by atoms with Crippen molar-refractivity contribution in [1.82, 2.24) is 0 Å². The van der Waals surface area contributed by atoms with Crippen LogP contribution in [0.4, 0.5) is 0 Å². The molecule has 0 amide bonds. The molecule has 0 rings (SSSR count). The Balaban J connectivity index is 3.34. The van der Waals surface area contributed by atoms with Crippen LogP contribution in [-0.4, -0.2) is 18.3 Å². The quantitative estimate of drug-likeness (QED) is 0.529. The van der Waals surface area contributed by atoms with Gasteiger partial charge in [-0.3, -0.25) is 0 Å². The van der Waals surface area contributed by atoms with Gasteiger partial charge in [-0.25, -0.2) is 0 Å². The van der Waals surface area contributed by atoms with Crippen molar-refractivity contribution in [2.45, 2.75) is 13.0 Å². The highest BCUT2D eigenvalue weighted by atomic mass is 16.5. The van der Waals surface area contributed by atoms with Gasteiger partial charge in [0.2, 0.25) is 0 Å². The van der Waals surface area contributed by atoms with E-state index in [9.17, 15) is 0 Å². The molecule has 2 nitrogen and oxygen atoms in total. The lowest BCUT2D eigenvalue weighted by molar-refractivity contribution is 0.108. The van der Waals surface area contributed by atoms with Gasteiger partial charge in [0.15, 0.2) is 0 Å². The zero-order valence-corrected chi connectivity index (χ0v) is 4.64. The molecule has 0 aliphatic heterocycles. The lowest BCUT2D eigenvalue weighted by Crippen LogP contribution is -2.05. The fourth-order valence-electron chi connectivity index (χ4n) is 0.136. The van der Waals surface area contributed by atoms with Gasteiger partial charge < -0.3 is 9.84 Å². The van der Waals surface area contributed by atoms with Gasteiger partial charge in [0.25, 0.3) is 0 Å². The van der Waals surface area contributed by atoms with Gasteiger partial charge in [-0.2, -0.15) is 0 Å². The first kappa shape index (κ1) is 6.50. The van der Waals surface area contributed by atoms with Crippen LogP contribution in [0.15, 0.2) is 12.3 Å². The van der Waals surface area contributed by atoms with E-state index in [4.69, 9.17) is 5.11 Å². The van der Waals surface area contributed by atoms with E-state index < -0.39 is 0 Å². The van der Waals surface area contributed by atoms with Gasteiger partial charge in [0.05, 0.1) is 0 Å². The molecule has 0 aromatic carbocycles. The summed E-state index contributed by atoms with van der Waals surface area (Å²) in [6.07, 6.45) is -0.236. The maximum Gasteiger partial charge on any atom is 0.114 e. The van der Waals surface area contributed by atoms with Gasteiger partial charge in [0.1, 0.15) is 11.9 Å². The molecule has 0 radical (unpaired) electrons. The Morgan fingerprint density at radius 3 is 2.29 bits per heavy atom. The maximum atomic E-state index is 8.50. The summed E-state index contributed by atoms with van der Waals surface area (Å²) in [6, 6.07) is 0. The number of methoxy groups -OCH3 is 1. The zero-order chi connectivity index (χ0) is 5.86. The van der Waals surface area contributed by atoms with Crippen LogP contribution >= 0.6 is 0 Å². The predicted molar refractivity (Wildman–Crippen MR) is 28.2 cm³/mol. The van der Waals surface area contributed by atoms with Crippen LogP contribution in [0.1, 0.15) is 6.92 Å². The average molecular weight is 102 g/mol. The third kappa shape index (κ3) is 2.23. The van der Waals surface area contributed by atoms with Crippen LogP contribution in [0.2, 0.25) is 0 Å². The van der Waals surface area contributed by atoms with E-state index in [0.29, 0.717) is 0 Å². The molecule has 0 bridgehead atoms. The highest BCUT2D eigenvalue weighted by molar-refractivity contribution is 4.85. The van der Waals surface area contributed by atoms with Gasteiger partial charge in [-0.05, 0) is 6.92 Å². The molecular weight excluding hydrogens is 92.1 g/mol. The molecule has 0 unspecified atom stereocenters. The minimum Gasteiger partial charge on any atom is -0.510 e. The van der Waals surface area contributed by atoms with Crippen LogP contribution < -0.4 is 0 Å². The van der Waals surface area contributed by atoms with Gasteiger partial charge in [-0.1, -0.05) is 6.58 Å². The van der Waals surface area contributed by atoms with E-state index >= 15 is 0 Å². The third-order valence-electron chi connectivity index (χ3n) is 0.823. The molecule has 0 aromatic heterocycles. The number of aliphatic hydroxyl groups is 1. The van der Waals surface area contributed by atoms with Gasteiger partial charge in [0, 0.05) is 7.11 Å². The third-order valence-corrected chi connectivity index (χ3v) is 0.823. The SMILES string of the molecule is C=C(O)[C@H](C)OC. The maximum absolute atomic E-state index is 8.50. The molecule has 0 heterocycles. The minimum absolute atomic E-state index is 0.0718. The van der Waals surface area contributed by atoms with Crippen LogP contribution in [0.3, 0.4) is 0 Å². The Labute approximate surface area is 43.4 Å². The summed E-state index contributed by atoms with van der Waals surface area (Å²) in [4.78, 5) is 0. The van der Waals surface area contributed by atoms with Gasteiger partial charge >= 0.3 is 0 Å². The second kappa shape index (κ2) is 2.64. The Morgan fingerprint density at radius 1 is 1.86 bits per heavy atom. The second-order valence-corrected chi connectivity index (χ2v) is 1.37. The van der Waals surface area contributed by atoms with Crippen molar-refractivity contribution in [1.29, 1.82) is 0 Å². The molecule has 1 atom stereocenters. The lowest BCUT2D eigenvalue weighted by Gasteiger charge is -2.04. The van der Waals surface area contributed by atoms with E-state index in [1.54, 1.807) is 6.92 Å². The standard InChI is InChI=1S/C5H10O2/c1-4(6)5(2)7-3/h5-6H,1H2,2-3H3/t5-/m0/s1. The second-order valence-electron chi connectivity index (χ2n) is 1.37. The van der Waals surface area contributed by atoms with Gasteiger partial charge in [-0.15, -0.1) is 0 Å². The first-order chi connectivity index (χ1) is 3.18. The molecule has 0 spiro atoms. The summed E-state index contributed by atoms with van der Waals surface area (Å²) in [7, 11) is 1.52. The minimum atomic E-state index is -0.236. The molecule has 0 fully saturated rings. The Morgan fingerprint density at radius 2 is 2.29 bits per heavy atom. The fourth-order valence-corrected chi connectivity index (χ4v) is 0.136. The van der Waals surface area contributed by atoms with E-state index in [0.717, 1.165) is 0 Å². The van der Waals surface area contributed by atoms with E-state index in [2.05, 4.69) is 11.3 Å². The average Bonchev–Trinajstić information content (AvgIpc) is 1.65. The van der Waals surface area contributed by atoms with Crippen molar-refractivity contribution in [3.63, 3.8) is 0 Å². The largest absolute Gasteiger partial charge is 0.510 e. The van der Waals surface area contributed by atoms with Crippen molar-refractivity contribution in [3.8, 4) is 0 Å². The first-order valence-corrected chi connectivity index (χ1v) is 2.09. The molecule has 0 aliphatic carbocycles. The summed E-state index contributed by atoms with van der Waals surface area (Å²) in [5, 5.41) is 8.50. The molecular formula is C5H10O2. The van der Waals surface area contributed by atoms with Crippen LogP contribution in [-0.2, 0) is 4.74 Å². The Bertz CT molecular complexity index is 68.5. The van der Waals surface area contributed by atoms with Crippen molar-refractivity contribution >= 4 is 0 Å². The molecule has 7 heavy (non-hydrogen) atoms. The molecule has 2 heteroatoms. The highest BCUT2D eigenvalue weighted by Crippen LogP contribution is 1.95. The normalized spacial score (nSPS) is 13.4. The summed E-state index contributed by atoms with van der Waals surface area (Å²) in [6.45, 7) is 4.98. The molecule has 1 N–H and O–H groups in total. The van der Waals surface area contributed by atoms with Crippen LogP contribution in [0.25, 0.3) is 0 Å². The number of rotatable bonds is 2. The summed E-state index contributed by atoms with van der Waals surface area (Å²) < 4.78 is 4.66. The number of hydrogen-bond donors (Lipinski definition) is 1. The fraction of sp³-hybridized carbons (Fsp3) is 0.600. The molecule has 0 aromatic rings. The molecule has 0 aliphatic rings. The van der Waals surface area contributed by atoms with Crippen molar-refractivity contribution in [2.75, 3.05) is 7.11 Å². The van der Waals surface area contributed by atoms with Crippen LogP contribution in [0, 0.1) is 0 Å².